The molecule has 0 aromatic rings. The molecule has 1 aliphatic heterocycles. The Hall–Kier alpha value is -0.150. The Morgan fingerprint density at radius 3 is 2.43 bits per heavy atom. The fourth-order valence-electron chi connectivity index (χ4n) is 0.894. The van der Waals surface area contributed by atoms with E-state index in [1.165, 1.54) is 0 Å². The quantitative estimate of drug-likeness (QED) is 0.542. The second-order valence-electron chi connectivity index (χ2n) is 4.20. The van der Waals surface area contributed by atoms with E-state index < -0.39 is 7.82 Å². The molecule has 1 unspecified atom stereocenters. The van der Waals surface area contributed by atoms with Gasteiger partial charge in [-0.05, 0) is 6.92 Å². The van der Waals surface area contributed by atoms with E-state index >= 15 is 0 Å². The maximum absolute atomic E-state index is 11.8. The summed E-state index contributed by atoms with van der Waals surface area (Å²) in [5, 5.41) is 0. The van der Waals surface area contributed by atoms with Crippen molar-refractivity contribution in [1.82, 2.24) is 0 Å². The first-order valence-corrected chi connectivity index (χ1v) is 6.03. The van der Waals surface area contributed by atoms with Crippen molar-refractivity contribution in [2.45, 2.75) is 26.9 Å². The molecule has 0 amide bonds. The molecule has 0 aromatic heterocycles. The standard InChI is InChI=1S/C9H17O4P/c1-5-8(2)13-14(10)11-6-9(3,4)7-12-14/h5,8H,1,6-7H2,2-4H3. The molecule has 1 saturated heterocycles. The van der Waals surface area contributed by atoms with Crippen LogP contribution in [0.5, 0.6) is 0 Å². The van der Waals surface area contributed by atoms with E-state index in [-0.39, 0.29) is 11.5 Å². The Balaban J connectivity index is 2.54. The van der Waals surface area contributed by atoms with Crippen LogP contribution in [-0.2, 0) is 18.1 Å². The summed E-state index contributed by atoms with van der Waals surface area (Å²) in [6.07, 6.45) is 1.22. The number of hydrogen-bond acceptors (Lipinski definition) is 4. The second kappa shape index (κ2) is 4.15. The summed E-state index contributed by atoms with van der Waals surface area (Å²) in [5.74, 6) is 0. The molecule has 0 saturated carbocycles. The fourth-order valence-corrected chi connectivity index (χ4v) is 2.60. The van der Waals surface area contributed by atoms with Crippen LogP contribution in [0.25, 0.3) is 0 Å². The van der Waals surface area contributed by atoms with Gasteiger partial charge in [0.1, 0.15) is 0 Å². The van der Waals surface area contributed by atoms with Gasteiger partial charge in [0.15, 0.2) is 0 Å². The van der Waals surface area contributed by atoms with Gasteiger partial charge in [0.05, 0.1) is 19.3 Å². The molecule has 1 aliphatic rings. The number of hydrogen-bond donors (Lipinski definition) is 0. The highest BCUT2D eigenvalue weighted by Crippen LogP contribution is 2.55. The molecule has 0 aromatic carbocycles. The summed E-state index contributed by atoms with van der Waals surface area (Å²) >= 11 is 0. The van der Waals surface area contributed by atoms with Crippen LogP contribution in [0, 0.1) is 5.41 Å². The third-order valence-electron chi connectivity index (χ3n) is 1.85. The zero-order valence-corrected chi connectivity index (χ0v) is 9.75. The summed E-state index contributed by atoms with van der Waals surface area (Å²) in [6.45, 7) is 9.99. The van der Waals surface area contributed by atoms with Crippen LogP contribution < -0.4 is 0 Å². The third-order valence-corrected chi connectivity index (χ3v) is 3.34. The van der Waals surface area contributed by atoms with Gasteiger partial charge in [0.2, 0.25) is 0 Å². The highest BCUT2D eigenvalue weighted by atomic mass is 31.2. The lowest BCUT2D eigenvalue weighted by Crippen LogP contribution is -2.30. The van der Waals surface area contributed by atoms with Crippen molar-refractivity contribution >= 4 is 7.82 Å². The molecule has 0 spiro atoms. The topological polar surface area (TPSA) is 44.8 Å². The van der Waals surface area contributed by atoms with Gasteiger partial charge >= 0.3 is 7.82 Å². The molecule has 14 heavy (non-hydrogen) atoms. The van der Waals surface area contributed by atoms with Gasteiger partial charge < -0.3 is 0 Å². The average Bonchev–Trinajstić information content (AvgIpc) is 2.11. The predicted molar refractivity (Wildman–Crippen MR) is 54.0 cm³/mol. The fraction of sp³-hybridized carbons (Fsp3) is 0.778. The van der Waals surface area contributed by atoms with E-state index in [1.54, 1.807) is 13.0 Å². The summed E-state index contributed by atoms with van der Waals surface area (Å²) in [4.78, 5) is 0. The molecule has 5 heteroatoms. The Morgan fingerprint density at radius 2 is 2.00 bits per heavy atom. The van der Waals surface area contributed by atoms with Gasteiger partial charge in [0, 0.05) is 5.41 Å². The minimum atomic E-state index is -3.34. The number of phosphoric ester groups is 1. The normalized spacial score (nSPS) is 26.8. The minimum Gasteiger partial charge on any atom is -0.286 e. The van der Waals surface area contributed by atoms with E-state index in [9.17, 15) is 4.57 Å². The van der Waals surface area contributed by atoms with E-state index in [4.69, 9.17) is 13.6 Å². The zero-order chi connectivity index (χ0) is 10.8. The maximum atomic E-state index is 11.8. The van der Waals surface area contributed by atoms with Crippen molar-refractivity contribution in [3.8, 4) is 0 Å². The van der Waals surface area contributed by atoms with Crippen molar-refractivity contribution in [2.24, 2.45) is 5.41 Å². The Labute approximate surface area is 84.9 Å². The zero-order valence-electron chi connectivity index (χ0n) is 8.86. The smallest absolute Gasteiger partial charge is 0.286 e. The molecule has 1 heterocycles. The molecular formula is C9H17O4P. The molecule has 1 fully saturated rings. The van der Waals surface area contributed by atoms with Crippen LogP contribution in [-0.4, -0.2) is 19.3 Å². The van der Waals surface area contributed by atoms with Gasteiger partial charge in [-0.15, -0.1) is 6.58 Å². The third kappa shape index (κ3) is 3.21. The molecule has 0 N–H and O–H groups in total. The Morgan fingerprint density at radius 1 is 1.50 bits per heavy atom. The van der Waals surface area contributed by atoms with Crippen molar-refractivity contribution in [3.63, 3.8) is 0 Å². The predicted octanol–water partition coefficient (Wildman–Crippen LogP) is 2.76. The lowest BCUT2D eigenvalue weighted by molar-refractivity contribution is -0.00395. The summed E-state index contributed by atoms with van der Waals surface area (Å²) in [7, 11) is -3.34. The minimum absolute atomic E-state index is 0.102. The van der Waals surface area contributed by atoms with Crippen LogP contribution >= 0.6 is 7.82 Å². The monoisotopic (exact) mass is 220 g/mol. The highest BCUT2D eigenvalue weighted by Gasteiger charge is 2.38. The van der Waals surface area contributed by atoms with Crippen molar-refractivity contribution in [1.29, 1.82) is 0 Å². The maximum Gasteiger partial charge on any atom is 0.475 e. The van der Waals surface area contributed by atoms with E-state index in [0.29, 0.717) is 13.2 Å². The molecule has 0 radical (unpaired) electrons. The molecule has 1 atom stereocenters. The first-order valence-electron chi connectivity index (χ1n) is 4.57. The SMILES string of the molecule is C=CC(C)OP1(=O)OCC(C)(C)CO1. The molecule has 82 valence electrons. The number of phosphoric acid groups is 1. The van der Waals surface area contributed by atoms with Crippen molar-refractivity contribution < 1.29 is 18.1 Å². The molecular weight excluding hydrogens is 203 g/mol. The highest BCUT2D eigenvalue weighted by molar-refractivity contribution is 7.48. The Bertz CT molecular complexity index is 248. The van der Waals surface area contributed by atoms with Crippen LogP contribution in [0.3, 0.4) is 0 Å². The van der Waals surface area contributed by atoms with Crippen LogP contribution in [0.1, 0.15) is 20.8 Å². The van der Waals surface area contributed by atoms with Gasteiger partial charge in [-0.25, -0.2) is 4.57 Å². The van der Waals surface area contributed by atoms with Gasteiger partial charge in [-0.2, -0.15) is 0 Å². The van der Waals surface area contributed by atoms with Crippen LogP contribution in [0.15, 0.2) is 12.7 Å². The Kier molecular flexibility index (Phi) is 3.53. The molecule has 0 aliphatic carbocycles. The summed E-state index contributed by atoms with van der Waals surface area (Å²) in [6, 6.07) is 0. The first kappa shape index (κ1) is 11.9. The van der Waals surface area contributed by atoms with E-state index in [0.717, 1.165) is 0 Å². The van der Waals surface area contributed by atoms with Gasteiger partial charge in [-0.1, -0.05) is 19.9 Å². The largest absolute Gasteiger partial charge is 0.475 e. The van der Waals surface area contributed by atoms with E-state index in [1.807, 2.05) is 13.8 Å². The van der Waals surface area contributed by atoms with Crippen molar-refractivity contribution in [2.75, 3.05) is 13.2 Å². The van der Waals surface area contributed by atoms with Crippen molar-refractivity contribution in [3.05, 3.63) is 12.7 Å². The summed E-state index contributed by atoms with van der Waals surface area (Å²) < 4.78 is 27.1. The van der Waals surface area contributed by atoms with Gasteiger partial charge in [0.25, 0.3) is 0 Å². The molecule has 0 bridgehead atoms. The van der Waals surface area contributed by atoms with Crippen LogP contribution in [0.4, 0.5) is 0 Å². The lowest BCUT2D eigenvalue weighted by Gasteiger charge is -2.33. The van der Waals surface area contributed by atoms with Crippen LogP contribution in [0.2, 0.25) is 0 Å². The lowest BCUT2D eigenvalue weighted by atomic mass is 9.97. The molecule has 1 rings (SSSR count). The molecule has 4 nitrogen and oxygen atoms in total. The number of rotatable bonds is 3. The average molecular weight is 220 g/mol. The summed E-state index contributed by atoms with van der Waals surface area (Å²) in [5.41, 5.74) is -0.102. The van der Waals surface area contributed by atoms with Gasteiger partial charge in [-0.3, -0.25) is 13.6 Å². The first-order chi connectivity index (χ1) is 6.37. The van der Waals surface area contributed by atoms with E-state index in [2.05, 4.69) is 6.58 Å². The second-order valence-corrected chi connectivity index (χ2v) is 5.83.